The molecule has 0 aromatic carbocycles. The number of nitrogens with zero attached hydrogens (tertiary/aromatic N) is 1. The summed E-state index contributed by atoms with van der Waals surface area (Å²) < 4.78 is 23.7. The average Bonchev–Trinajstić information content (AvgIpc) is 3.43. The van der Waals surface area contributed by atoms with Crippen LogP contribution in [0.2, 0.25) is 0 Å². The second-order valence-corrected chi connectivity index (χ2v) is 24.2. The SMILES string of the molecule is CC/C=C\C/C=C\C/C=C\C/C=C\C/C=C\C/C=C\C/C=C\C/C=C\C/C=C\C/C=C\CCCCCCCCC(=O)NC(COP(=O)(O)OCC[N+](C)(C)C)C(O)/C=C/CC/C=C/CCCCCCCCCCCCCCCCCC. The summed E-state index contributed by atoms with van der Waals surface area (Å²) in [7, 11) is 1.53. The number of hydrogen-bond acceptors (Lipinski definition) is 5. The van der Waals surface area contributed by atoms with E-state index in [1.54, 1.807) is 6.08 Å². The van der Waals surface area contributed by atoms with Crippen LogP contribution in [-0.2, 0) is 18.4 Å². The van der Waals surface area contributed by atoms with Gasteiger partial charge in [-0.2, -0.15) is 0 Å². The Bertz CT molecular complexity index is 1830. The molecule has 1 amide bonds. The van der Waals surface area contributed by atoms with Crippen molar-refractivity contribution in [1.29, 1.82) is 0 Å². The number of rotatable bonds is 58. The Morgan fingerprint density at radius 3 is 1.14 bits per heavy atom. The molecule has 3 N–H and O–H groups in total. The molecule has 0 bridgehead atoms. The Balaban J connectivity index is 4.25. The molecule has 0 aliphatic carbocycles. The van der Waals surface area contributed by atoms with Crippen LogP contribution in [0.3, 0.4) is 0 Å². The summed E-state index contributed by atoms with van der Waals surface area (Å²) in [6.07, 6.45) is 94.0. The highest BCUT2D eigenvalue weighted by Crippen LogP contribution is 2.43. The third-order valence-corrected chi connectivity index (χ3v) is 14.8. The fraction of sp³-hybridized carbons (Fsp3) is 0.653. The Morgan fingerprint density at radius 1 is 0.432 bits per heavy atom. The van der Waals surface area contributed by atoms with Gasteiger partial charge in [0.05, 0.1) is 39.9 Å². The van der Waals surface area contributed by atoms with Crippen LogP contribution in [0.25, 0.3) is 0 Å². The number of phosphoric ester groups is 1. The van der Waals surface area contributed by atoms with Gasteiger partial charge in [-0.3, -0.25) is 13.8 Å². The molecule has 0 radical (unpaired) electrons. The molecular weight excluding hydrogens is 1020 g/mol. The highest BCUT2D eigenvalue weighted by molar-refractivity contribution is 7.47. The monoisotopic (exact) mass is 1140 g/mol. The summed E-state index contributed by atoms with van der Waals surface area (Å²) in [5.74, 6) is -0.206. The van der Waals surface area contributed by atoms with Crippen LogP contribution in [0.4, 0.5) is 0 Å². The molecule has 81 heavy (non-hydrogen) atoms. The van der Waals surface area contributed by atoms with Crippen LogP contribution < -0.4 is 5.32 Å². The van der Waals surface area contributed by atoms with Gasteiger partial charge >= 0.3 is 7.82 Å². The lowest BCUT2D eigenvalue weighted by molar-refractivity contribution is -0.870. The van der Waals surface area contributed by atoms with E-state index in [0.29, 0.717) is 17.4 Å². The summed E-state index contributed by atoms with van der Waals surface area (Å²) >= 11 is 0. The van der Waals surface area contributed by atoms with Gasteiger partial charge in [0.15, 0.2) is 0 Å². The third-order valence-electron chi connectivity index (χ3n) is 13.8. The smallest absolute Gasteiger partial charge is 0.387 e. The number of nitrogens with one attached hydrogen (secondary N) is 1. The molecule has 0 fully saturated rings. The van der Waals surface area contributed by atoms with Crippen molar-refractivity contribution >= 4 is 13.7 Å². The van der Waals surface area contributed by atoms with E-state index < -0.39 is 20.0 Å². The van der Waals surface area contributed by atoms with Gasteiger partial charge in [-0.15, -0.1) is 0 Å². The van der Waals surface area contributed by atoms with Gasteiger partial charge in [0.25, 0.3) is 0 Å². The van der Waals surface area contributed by atoms with Crippen molar-refractivity contribution in [3.63, 3.8) is 0 Å². The Labute approximate surface area is 499 Å². The average molecular weight is 1140 g/mol. The maximum absolute atomic E-state index is 13.0. The van der Waals surface area contributed by atoms with Crippen LogP contribution >= 0.6 is 7.82 Å². The molecule has 0 saturated carbocycles. The minimum absolute atomic E-state index is 0.0455. The summed E-state index contributed by atoms with van der Waals surface area (Å²) in [6, 6.07) is -0.884. The Morgan fingerprint density at radius 2 is 0.753 bits per heavy atom. The molecule has 0 aliphatic rings. The van der Waals surface area contributed by atoms with Crippen LogP contribution in [0.1, 0.15) is 251 Å². The van der Waals surface area contributed by atoms with Crippen LogP contribution in [0.5, 0.6) is 0 Å². The number of aliphatic hydroxyl groups excluding tert-OH is 1. The lowest BCUT2D eigenvalue weighted by atomic mass is 10.0. The predicted molar refractivity (Wildman–Crippen MR) is 354 cm³/mol. The van der Waals surface area contributed by atoms with E-state index in [9.17, 15) is 19.4 Å². The van der Waals surface area contributed by atoms with Crippen molar-refractivity contribution in [1.82, 2.24) is 5.32 Å². The van der Waals surface area contributed by atoms with Gasteiger partial charge in [0.1, 0.15) is 13.2 Å². The molecule has 8 nitrogen and oxygen atoms in total. The molecule has 3 unspecified atom stereocenters. The van der Waals surface area contributed by atoms with Gasteiger partial charge in [0.2, 0.25) is 5.91 Å². The molecule has 0 rings (SSSR count). The summed E-state index contributed by atoms with van der Waals surface area (Å²) in [5.41, 5.74) is 0. The van der Waals surface area contributed by atoms with Crippen molar-refractivity contribution < 1.29 is 32.9 Å². The first-order valence-corrected chi connectivity index (χ1v) is 34.2. The van der Waals surface area contributed by atoms with Gasteiger partial charge in [0, 0.05) is 6.42 Å². The van der Waals surface area contributed by atoms with Crippen LogP contribution in [0, 0.1) is 0 Å². The number of carbonyl (C=O) groups is 1. The number of likely N-dealkylation sites (N-methyl/N-ethyl adjacent to an activating group) is 1. The number of hydrogen-bond donors (Lipinski definition) is 3. The molecule has 0 aromatic rings. The zero-order chi connectivity index (χ0) is 59.1. The molecule has 462 valence electrons. The number of amides is 1. The van der Waals surface area contributed by atoms with Crippen molar-refractivity contribution in [3.8, 4) is 0 Å². The molecule has 0 spiro atoms. The van der Waals surface area contributed by atoms with Gasteiger partial charge in [-0.25, -0.2) is 4.57 Å². The minimum Gasteiger partial charge on any atom is -0.387 e. The molecule has 3 atom stereocenters. The van der Waals surface area contributed by atoms with Crippen molar-refractivity contribution in [2.75, 3.05) is 40.9 Å². The third kappa shape index (κ3) is 63.8. The first-order valence-electron chi connectivity index (χ1n) is 32.7. The fourth-order valence-electron chi connectivity index (χ4n) is 8.73. The Kier molecular flexibility index (Phi) is 58.2. The van der Waals surface area contributed by atoms with Gasteiger partial charge in [-0.1, -0.05) is 282 Å². The van der Waals surface area contributed by atoms with E-state index in [4.69, 9.17) is 9.05 Å². The van der Waals surface area contributed by atoms with Crippen molar-refractivity contribution in [3.05, 3.63) is 146 Å². The predicted octanol–water partition coefficient (Wildman–Crippen LogP) is 20.8. The molecule has 0 aromatic heterocycles. The highest BCUT2D eigenvalue weighted by Gasteiger charge is 2.27. The summed E-state index contributed by atoms with van der Waals surface area (Å²) in [5, 5.41) is 13.9. The van der Waals surface area contributed by atoms with Crippen LogP contribution in [-0.4, -0.2) is 73.4 Å². The molecule has 0 heterocycles. The lowest BCUT2D eigenvalue weighted by Crippen LogP contribution is -2.45. The maximum Gasteiger partial charge on any atom is 0.472 e. The number of aliphatic hydroxyl groups is 1. The first kappa shape index (κ1) is 77.4. The topological polar surface area (TPSA) is 105 Å². The largest absolute Gasteiger partial charge is 0.472 e. The molecular formula is C72H124N2O6P+. The highest BCUT2D eigenvalue weighted by atomic mass is 31.2. The zero-order valence-electron chi connectivity index (χ0n) is 52.7. The fourth-order valence-corrected chi connectivity index (χ4v) is 9.47. The second kappa shape index (κ2) is 61.0. The van der Waals surface area contributed by atoms with E-state index in [1.807, 2.05) is 27.2 Å². The second-order valence-electron chi connectivity index (χ2n) is 22.7. The van der Waals surface area contributed by atoms with E-state index in [1.165, 1.54) is 109 Å². The number of phosphoric acid groups is 1. The van der Waals surface area contributed by atoms with Gasteiger partial charge in [-0.05, 0) is 109 Å². The molecule has 0 saturated heterocycles. The summed E-state index contributed by atoms with van der Waals surface area (Å²) in [6.45, 7) is 4.67. The molecule has 9 heteroatoms. The number of carbonyl (C=O) groups excluding carboxylic acids is 1. The normalized spacial score (nSPS) is 14.7. The minimum atomic E-state index is -4.37. The van der Waals surface area contributed by atoms with Crippen LogP contribution in [0.15, 0.2) is 146 Å². The van der Waals surface area contributed by atoms with E-state index in [2.05, 4.69) is 153 Å². The molecule has 0 aliphatic heterocycles. The first-order chi connectivity index (χ1) is 39.5. The lowest BCUT2D eigenvalue weighted by Gasteiger charge is -2.25. The van der Waals surface area contributed by atoms with Gasteiger partial charge < -0.3 is 19.8 Å². The van der Waals surface area contributed by atoms with E-state index >= 15 is 0 Å². The van der Waals surface area contributed by atoms with E-state index in [0.717, 1.165) is 122 Å². The van der Waals surface area contributed by atoms with E-state index in [-0.39, 0.29) is 19.1 Å². The number of allylic oxidation sites excluding steroid dienone is 23. The standard InChI is InChI=1S/C72H123N2O6P/c1-6-8-10-12-14-16-18-20-22-24-26-28-30-31-32-33-34-35-36-37-38-39-40-41-42-43-44-46-48-50-52-54-56-58-60-62-64-66-72(76)73-70(69-80-81(77,78)79-68-67-74(3,4)5)71(75)65-63-61-59-57-55-53-51-49-47-45-29-27-25-23-21-19-17-15-13-11-9-7-2/h8,10,14,16,20,22,26,28,31-32,34-35,37-38,40-41,43-44,48,50,55,57,63,65,70-71,75H,6-7,9,11-13,15,17-19,21,23-25,27,29-30,33,36,39,42,45-47,49,51-54,56,58-62,64,66-69H2,1-5H3,(H-,73,76,77,78)/p+1/b10-8-,16-14-,22-20-,28-26-,32-31-,35-34-,38-37-,41-40-,44-43-,50-48-,57-55+,65-63+. The number of unbranched alkanes of at least 4 members (excludes halogenated alkanes) is 23. The van der Waals surface area contributed by atoms with Crippen molar-refractivity contribution in [2.45, 2.75) is 264 Å². The maximum atomic E-state index is 13.0. The quantitative estimate of drug-likeness (QED) is 0.0243. The Hall–Kier alpha value is -3.62. The summed E-state index contributed by atoms with van der Waals surface area (Å²) in [4.78, 5) is 23.4. The van der Waals surface area contributed by atoms with Crippen molar-refractivity contribution in [2.24, 2.45) is 0 Å². The number of quaternary nitrogens is 1. The zero-order valence-corrected chi connectivity index (χ0v) is 53.6.